The molecule has 1 aliphatic heterocycles. The van der Waals surface area contributed by atoms with Gasteiger partial charge >= 0.3 is 0 Å². The minimum atomic E-state index is -1.06. The molecule has 9 heteroatoms. The summed E-state index contributed by atoms with van der Waals surface area (Å²) in [5, 5.41) is 22.3. The maximum Gasteiger partial charge on any atom is 0.294 e. The van der Waals surface area contributed by atoms with Gasteiger partial charge in [0, 0.05) is 5.69 Å². The second-order valence-corrected chi connectivity index (χ2v) is 8.26. The highest BCUT2D eigenvalue weighted by atomic mass is 35.5. The third-order valence-electron chi connectivity index (χ3n) is 4.98. The Morgan fingerprint density at radius 2 is 2.00 bits per heavy atom. The number of aliphatic hydroxyl groups excluding tert-OH is 1. The summed E-state index contributed by atoms with van der Waals surface area (Å²) in [6.45, 7) is 2.02. The standard InChI is InChI=1S/C23H17ClFNO5S/c1-2-31-17-10-12(5-8-16(17)27)20-19(21(28)18-4-3-9-32-18)22(29)23(30)26(20)13-6-7-15(25)14(24)11-13/h3-11,20,27,29H,2H2,1H3. The van der Waals surface area contributed by atoms with Gasteiger partial charge in [-0.3, -0.25) is 14.5 Å². The second kappa shape index (κ2) is 8.64. The highest BCUT2D eigenvalue weighted by Gasteiger charge is 2.45. The number of ether oxygens (including phenoxy) is 1. The van der Waals surface area contributed by atoms with Gasteiger partial charge in [0.25, 0.3) is 5.91 Å². The van der Waals surface area contributed by atoms with E-state index in [4.69, 9.17) is 16.3 Å². The number of rotatable bonds is 6. The van der Waals surface area contributed by atoms with Crippen LogP contribution in [-0.2, 0) is 4.79 Å². The van der Waals surface area contributed by atoms with Gasteiger partial charge in [-0.15, -0.1) is 11.3 Å². The molecule has 0 bridgehead atoms. The largest absolute Gasteiger partial charge is 0.504 e. The number of anilines is 1. The summed E-state index contributed by atoms with van der Waals surface area (Å²) in [5.41, 5.74) is 0.466. The minimum Gasteiger partial charge on any atom is -0.504 e. The summed E-state index contributed by atoms with van der Waals surface area (Å²) in [5.74, 6) is -2.69. The number of halogens is 2. The van der Waals surface area contributed by atoms with E-state index in [0.29, 0.717) is 10.4 Å². The molecule has 0 spiro atoms. The smallest absolute Gasteiger partial charge is 0.294 e. The average Bonchev–Trinajstić information content (AvgIpc) is 3.39. The van der Waals surface area contributed by atoms with Crippen LogP contribution >= 0.6 is 22.9 Å². The van der Waals surface area contributed by atoms with Crippen LogP contribution in [0.25, 0.3) is 0 Å². The highest BCUT2D eigenvalue weighted by molar-refractivity contribution is 7.12. The zero-order valence-electron chi connectivity index (χ0n) is 16.7. The number of carbonyl (C=O) groups excluding carboxylic acids is 2. The fourth-order valence-electron chi connectivity index (χ4n) is 3.57. The summed E-state index contributed by atoms with van der Waals surface area (Å²) in [6, 6.07) is 10.3. The van der Waals surface area contributed by atoms with E-state index in [-0.39, 0.29) is 34.4 Å². The van der Waals surface area contributed by atoms with Gasteiger partial charge in [0.2, 0.25) is 5.78 Å². The van der Waals surface area contributed by atoms with E-state index in [1.54, 1.807) is 24.4 Å². The first-order valence-corrected chi connectivity index (χ1v) is 10.8. The summed E-state index contributed by atoms with van der Waals surface area (Å²) < 4.78 is 19.2. The molecule has 0 saturated heterocycles. The molecule has 1 unspecified atom stereocenters. The predicted molar refractivity (Wildman–Crippen MR) is 119 cm³/mol. The topological polar surface area (TPSA) is 87.1 Å². The van der Waals surface area contributed by atoms with Gasteiger partial charge in [-0.1, -0.05) is 23.7 Å². The molecule has 0 aliphatic carbocycles. The van der Waals surface area contributed by atoms with Crippen LogP contribution in [0, 0.1) is 5.82 Å². The zero-order valence-corrected chi connectivity index (χ0v) is 18.3. The fourth-order valence-corrected chi connectivity index (χ4v) is 4.42. The van der Waals surface area contributed by atoms with Crippen molar-refractivity contribution < 1.29 is 28.9 Å². The third-order valence-corrected chi connectivity index (χ3v) is 6.14. The van der Waals surface area contributed by atoms with E-state index in [1.807, 2.05) is 0 Å². The van der Waals surface area contributed by atoms with Crippen LogP contribution in [0.2, 0.25) is 5.02 Å². The molecule has 0 saturated carbocycles. The molecular weight excluding hydrogens is 457 g/mol. The zero-order chi connectivity index (χ0) is 23.0. The summed E-state index contributed by atoms with van der Waals surface area (Å²) >= 11 is 7.10. The van der Waals surface area contributed by atoms with Gasteiger partial charge in [-0.2, -0.15) is 0 Å². The number of benzene rings is 2. The molecule has 2 N–H and O–H groups in total. The predicted octanol–water partition coefficient (Wildman–Crippen LogP) is 5.43. The van der Waals surface area contributed by atoms with E-state index < -0.39 is 29.3 Å². The second-order valence-electron chi connectivity index (χ2n) is 6.90. The van der Waals surface area contributed by atoms with Crippen LogP contribution in [0.15, 0.2) is 65.2 Å². The van der Waals surface area contributed by atoms with Crippen LogP contribution in [0.3, 0.4) is 0 Å². The lowest BCUT2D eigenvalue weighted by molar-refractivity contribution is -0.117. The molecule has 1 aromatic heterocycles. The van der Waals surface area contributed by atoms with Crippen molar-refractivity contribution in [3.63, 3.8) is 0 Å². The van der Waals surface area contributed by atoms with Crippen molar-refractivity contribution in [1.82, 2.24) is 0 Å². The Hall–Kier alpha value is -3.36. The van der Waals surface area contributed by atoms with Crippen molar-refractivity contribution in [3.8, 4) is 11.5 Å². The fraction of sp³-hybridized carbons (Fsp3) is 0.130. The molecule has 3 aromatic rings. The van der Waals surface area contributed by atoms with Crippen LogP contribution in [0.4, 0.5) is 10.1 Å². The van der Waals surface area contributed by atoms with Crippen molar-refractivity contribution in [2.45, 2.75) is 13.0 Å². The number of thiophene rings is 1. The molecule has 1 amide bonds. The number of phenols is 1. The van der Waals surface area contributed by atoms with Crippen LogP contribution in [0.1, 0.15) is 28.2 Å². The van der Waals surface area contributed by atoms with Gasteiger partial charge in [-0.25, -0.2) is 4.39 Å². The van der Waals surface area contributed by atoms with Crippen molar-refractivity contribution in [2.75, 3.05) is 11.5 Å². The Morgan fingerprint density at radius 3 is 2.66 bits per heavy atom. The molecule has 164 valence electrons. The number of Topliss-reactive ketones (excluding diaryl/α,β-unsaturated/α-hetero) is 1. The van der Waals surface area contributed by atoms with Crippen molar-refractivity contribution in [2.24, 2.45) is 0 Å². The normalized spacial score (nSPS) is 16.0. The lowest BCUT2D eigenvalue weighted by Crippen LogP contribution is -2.31. The van der Waals surface area contributed by atoms with Crippen LogP contribution < -0.4 is 9.64 Å². The molecule has 2 aromatic carbocycles. The quantitative estimate of drug-likeness (QED) is 0.466. The lowest BCUT2D eigenvalue weighted by atomic mass is 9.94. The molecule has 32 heavy (non-hydrogen) atoms. The van der Waals surface area contributed by atoms with Crippen LogP contribution in [-0.4, -0.2) is 28.5 Å². The van der Waals surface area contributed by atoms with E-state index in [2.05, 4.69) is 0 Å². The number of phenolic OH excluding ortho intramolecular Hbond substituents is 1. The molecule has 0 radical (unpaired) electrons. The van der Waals surface area contributed by atoms with E-state index >= 15 is 0 Å². The number of amides is 1. The van der Waals surface area contributed by atoms with Gasteiger partial charge < -0.3 is 14.9 Å². The average molecular weight is 474 g/mol. The van der Waals surface area contributed by atoms with E-state index in [1.165, 1.54) is 46.6 Å². The monoisotopic (exact) mass is 473 g/mol. The third kappa shape index (κ3) is 3.72. The Labute approximate surface area is 191 Å². The van der Waals surface area contributed by atoms with Gasteiger partial charge in [0.15, 0.2) is 17.3 Å². The summed E-state index contributed by atoms with van der Waals surface area (Å²) in [4.78, 5) is 27.9. The first kappa shape index (κ1) is 21.9. The molecule has 1 atom stereocenters. The maximum atomic E-state index is 13.8. The number of aromatic hydroxyl groups is 1. The minimum absolute atomic E-state index is 0.115. The molecule has 4 rings (SSSR count). The Morgan fingerprint density at radius 1 is 1.22 bits per heavy atom. The summed E-state index contributed by atoms with van der Waals surface area (Å²) in [6.07, 6.45) is 0. The summed E-state index contributed by atoms with van der Waals surface area (Å²) in [7, 11) is 0. The molecule has 0 fully saturated rings. The first-order valence-electron chi connectivity index (χ1n) is 9.59. The van der Waals surface area contributed by atoms with Crippen molar-refractivity contribution in [3.05, 3.63) is 86.5 Å². The Kier molecular flexibility index (Phi) is 5.90. The molecule has 2 heterocycles. The Bertz CT molecular complexity index is 1240. The SMILES string of the molecule is CCOc1cc(C2C(C(=O)c3cccs3)=C(O)C(=O)N2c2ccc(F)c(Cl)c2)ccc1O. The van der Waals surface area contributed by atoms with Crippen molar-refractivity contribution >= 4 is 40.3 Å². The number of carbonyl (C=O) groups is 2. The van der Waals surface area contributed by atoms with Crippen molar-refractivity contribution in [1.29, 1.82) is 0 Å². The Balaban J connectivity index is 1.91. The molecule has 6 nitrogen and oxygen atoms in total. The van der Waals surface area contributed by atoms with E-state index in [0.717, 1.165) is 6.07 Å². The maximum absolute atomic E-state index is 13.8. The van der Waals surface area contributed by atoms with Gasteiger partial charge in [0.05, 0.1) is 28.1 Å². The van der Waals surface area contributed by atoms with E-state index in [9.17, 15) is 24.2 Å². The number of hydrogen-bond donors (Lipinski definition) is 2. The highest BCUT2D eigenvalue weighted by Crippen LogP contribution is 2.44. The van der Waals surface area contributed by atoms with Gasteiger partial charge in [0.1, 0.15) is 5.82 Å². The van der Waals surface area contributed by atoms with Crippen LogP contribution in [0.5, 0.6) is 11.5 Å². The molecular formula is C23H17ClFNO5S. The molecule has 1 aliphatic rings. The number of nitrogens with zero attached hydrogens (tertiary/aromatic N) is 1. The lowest BCUT2D eigenvalue weighted by Gasteiger charge is -2.27. The number of ketones is 1. The number of hydrogen-bond acceptors (Lipinski definition) is 6. The number of aliphatic hydroxyl groups is 1. The first-order chi connectivity index (χ1) is 15.3. The van der Waals surface area contributed by atoms with Gasteiger partial charge in [-0.05, 0) is 54.3 Å².